The number of amides is 1. The van der Waals surface area contributed by atoms with E-state index in [1.807, 2.05) is 32.3 Å². The Balaban J connectivity index is 1.46. The summed E-state index contributed by atoms with van der Waals surface area (Å²) in [6, 6.07) is 6.74. The highest BCUT2D eigenvalue weighted by molar-refractivity contribution is 6.06. The quantitative estimate of drug-likeness (QED) is 0.418. The topological polar surface area (TPSA) is 95.8 Å². The second kappa shape index (κ2) is 9.02. The molecule has 0 aliphatic heterocycles. The molecule has 0 unspecified atom stereocenters. The second-order valence-electron chi connectivity index (χ2n) is 9.15. The number of rotatable bonds is 5. The van der Waals surface area contributed by atoms with E-state index in [-0.39, 0.29) is 17.8 Å². The Kier molecular flexibility index (Phi) is 5.91. The Morgan fingerprint density at radius 3 is 2.79 bits per heavy atom. The standard InChI is InChI=1S/C26H28FN5O2/c1-15-18(9-17-8-7-16(11-21(17)27)19-12-30-32(2)13-19)10-20(25-24(15)28-14-29-25)26(34)31-22-5-3-4-6-23(22)33/h7-8,10-14,22-23,33H,3-6,9H2,1-2H3,(H,28,29)(H,31,34)/t22-,23-/m0/s1. The van der Waals surface area contributed by atoms with Gasteiger partial charge in [-0.2, -0.15) is 5.10 Å². The van der Waals surface area contributed by atoms with Crippen molar-refractivity contribution >= 4 is 16.9 Å². The first-order valence-electron chi connectivity index (χ1n) is 11.6. The number of fused-ring (bicyclic) bond motifs is 1. The lowest BCUT2D eigenvalue weighted by molar-refractivity contribution is 0.0718. The predicted molar refractivity (Wildman–Crippen MR) is 128 cm³/mol. The molecule has 1 aliphatic carbocycles. The Morgan fingerprint density at radius 1 is 1.24 bits per heavy atom. The van der Waals surface area contributed by atoms with Crippen molar-refractivity contribution < 1.29 is 14.3 Å². The molecule has 5 rings (SSSR count). The smallest absolute Gasteiger partial charge is 0.253 e. The maximum atomic E-state index is 15.1. The van der Waals surface area contributed by atoms with Crippen molar-refractivity contribution in [2.24, 2.45) is 7.05 Å². The highest BCUT2D eigenvalue weighted by Crippen LogP contribution is 2.28. The van der Waals surface area contributed by atoms with Gasteiger partial charge < -0.3 is 15.4 Å². The van der Waals surface area contributed by atoms with Crippen LogP contribution in [0.3, 0.4) is 0 Å². The van der Waals surface area contributed by atoms with E-state index < -0.39 is 6.10 Å². The Morgan fingerprint density at radius 2 is 2.06 bits per heavy atom. The highest BCUT2D eigenvalue weighted by atomic mass is 19.1. The number of aryl methyl sites for hydroxylation is 2. The maximum Gasteiger partial charge on any atom is 0.253 e. The fourth-order valence-corrected chi connectivity index (χ4v) is 4.82. The molecule has 2 aromatic heterocycles. The SMILES string of the molecule is Cc1c(Cc2ccc(-c3cnn(C)c3)cc2F)cc(C(=O)N[C@H]2CCCC[C@@H]2O)c2[nH]cnc12. The first-order chi connectivity index (χ1) is 16.4. The zero-order valence-corrected chi connectivity index (χ0v) is 19.3. The summed E-state index contributed by atoms with van der Waals surface area (Å²) in [5.41, 5.74) is 5.70. The number of aromatic amines is 1. The van der Waals surface area contributed by atoms with Crippen molar-refractivity contribution in [1.29, 1.82) is 0 Å². The van der Waals surface area contributed by atoms with E-state index in [2.05, 4.69) is 20.4 Å². The van der Waals surface area contributed by atoms with Gasteiger partial charge in [-0.05, 0) is 54.2 Å². The summed E-state index contributed by atoms with van der Waals surface area (Å²) in [6.07, 6.45) is 8.32. The van der Waals surface area contributed by atoms with Crippen molar-refractivity contribution in [1.82, 2.24) is 25.1 Å². The lowest BCUT2D eigenvalue weighted by Gasteiger charge is -2.28. The summed E-state index contributed by atoms with van der Waals surface area (Å²) in [5.74, 6) is -0.562. The van der Waals surface area contributed by atoms with Gasteiger partial charge in [0.05, 0.1) is 41.3 Å². The Hall–Kier alpha value is -3.52. The third-order valence-electron chi connectivity index (χ3n) is 6.83. The van der Waals surface area contributed by atoms with E-state index in [0.717, 1.165) is 41.5 Å². The number of halogens is 1. The first-order valence-corrected chi connectivity index (χ1v) is 11.6. The van der Waals surface area contributed by atoms with Crippen molar-refractivity contribution in [2.75, 3.05) is 0 Å². The van der Waals surface area contributed by atoms with Crippen LogP contribution in [0.15, 0.2) is 43.0 Å². The summed E-state index contributed by atoms with van der Waals surface area (Å²) < 4.78 is 16.8. The summed E-state index contributed by atoms with van der Waals surface area (Å²) >= 11 is 0. The average molecular weight is 462 g/mol. The number of imidazole rings is 1. The van der Waals surface area contributed by atoms with Crippen LogP contribution in [0.2, 0.25) is 0 Å². The van der Waals surface area contributed by atoms with Crippen LogP contribution in [0, 0.1) is 12.7 Å². The summed E-state index contributed by atoms with van der Waals surface area (Å²) in [7, 11) is 1.82. The largest absolute Gasteiger partial charge is 0.391 e. The monoisotopic (exact) mass is 461 g/mol. The number of hydrogen-bond acceptors (Lipinski definition) is 4. The first kappa shape index (κ1) is 22.3. The molecule has 0 saturated heterocycles. The zero-order valence-electron chi connectivity index (χ0n) is 19.3. The number of aromatic nitrogens is 4. The number of benzene rings is 2. The average Bonchev–Trinajstić information content (AvgIpc) is 3.48. The molecule has 2 heterocycles. The van der Waals surface area contributed by atoms with E-state index in [1.165, 1.54) is 6.07 Å². The number of nitrogens with one attached hydrogen (secondary N) is 2. The van der Waals surface area contributed by atoms with E-state index in [1.54, 1.807) is 23.3 Å². The van der Waals surface area contributed by atoms with Crippen LogP contribution < -0.4 is 5.32 Å². The van der Waals surface area contributed by atoms with Crippen LogP contribution in [0.5, 0.6) is 0 Å². The van der Waals surface area contributed by atoms with Gasteiger partial charge in [-0.3, -0.25) is 9.48 Å². The number of hydrogen-bond donors (Lipinski definition) is 3. The zero-order chi connectivity index (χ0) is 23.8. The number of aliphatic hydroxyl groups excluding tert-OH is 1. The molecule has 1 aliphatic rings. The van der Waals surface area contributed by atoms with E-state index >= 15 is 4.39 Å². The molecular formula is C26H28FN5O2. The van der Waals surface area contributed by atoms with E-state index in [4.69, 9.17) is 0 Å². The Labute approximate surface area is 197 Å². The molecule has 1 fully saturated rings. The molecule has 1 amide bonds. The van der Waals surface area contributed by atoms with Crippen LogP contribution in [-0.4, -0.2) is 42.9 Å². The molecule has 2 aromatic carbocycles. The third-order valence-corrected chi connectivity index (χ3v) is 6.83. The molecule has 1 saturated carbocycles. The summed E-state index contributed by atoms with van der Waals surface area (Å²) in [4.78, 5) is 20.7. The van der Waals surface area contributed by atoms with Crippen LogP contribution in [0.4, 0.5) is 4.39 Å². The van der Waals surface area contributed by atoms with Crippen LogP contribution >= 0.6 is 0 Å². The van der Waals surface area contributed by atoms with Gasteiger partial charge in [0.15, 0.2) is 0 Å². The van der Waals surface area contributed by atoms with Gasteiger partial charge in [0, 0.05) is 25.2 Å². The number of H-pyrrole nitrogens is 1. The molecule has 3 N–H and O–H groups in total. The molecule has 4 aromatic rings. The molecule has 34 heavy (non-hydrogen) atoms. The van der Waals surface area contributed by atoms with Gasteiger partial charge in [0.1, 0.15) is 5.82 Å². The minimum absolute atomic E-state index is 0.256. The Bertz CT molecular complexity index is 1360. The summed E-state index contributed by atoms with van der Waals surface area (Å²) in [5, 5.41) is 17.4. The third kappa shape index (κ3) is 4.21. The fraction of sp³-hybridized carbons (Fsp3) is 0.346. The minimum Gasteiger partial charge on any atom is -0.391 e. The van der Waals surface area contributed by atoms with Crippen molar-refractivity contribution in [3.05, 3.63) is 71.1 Å². The van der Waals surface area contributed by atoms with Gasteiger partial charge in [-0.15, -0.1) is 0 Å². The predicted octanol–water partition coefficient (Wildman–Crippen LogP) is 4.04. The highest BCUT2D eigenvalue weighted by Gasteiger charge is 2.26. The minimum atomic E-state index is -0.535. The van der Waals surface area contributed by atoms with Gasteiger partial charge >= 0.3 is 0 Å². The van der Waals surface area contributed by atoms with Crippen molar-refractivity contribution in [3.8, 4) is 11.1 Å². The normalized spacial score (nSPS) is 18.4. The van der Waals surface area contributed by atoms with Gasteiger partial charge in [-0.25, -0.2) is 9.37 Å². The molecular weight excluding hydrogens is 433 g/mol. The van der Waals surface area contributed by atoms with E-state index in [0.29, 0.717) is 35.0 Å². The van der Waals surface area contributed by atoms with Gasteiger partial charge in [0.2, 0.25) is 0 Å². The molecule has 8 heteroatoms. The number of nitrogens with zero attached hydrogens (tertiary/aromatic N) is 3. The van der Waals surface area contributed by atoms with Gasteiger partial charge in [0.25, 0.3) is 5.91 Å². The van der Waals surface area contributed by atoms with E-state index in [9.17, 15) is 9.90 Å². The van der Waals surface area contributed by atoms with Crippen molar-refractivity contribution in [3.63, 3.8) is 0 Å². The molecule has 176 valence electrons. The number of carbonyl (C=O) groups excluding carboxylic acids is 1. The lowest BCUT2D eigenvalue weighted by Crippen LogP contribution is -2.45. The molecule has 2 atom stereocenters. The van der Waals surface area contributed by atoms with Crippen LogP contribution in [-0.2, 0) is 13.5 Å². The number of aliphatic hydroxyl groups is 1. The lowest BCUT2D eigenvalue weighted by atomic mass is 9.91. The van der Waals surface area contributed by atoms with Crippen LogP contribution in [0.25, 0.3) is 22.2 Å². The summed E-state index contributed by atoms with van der Waals surface area (Å²) in [6.45, 7) is 1.94. The number of carbonyl (C=O) groups is 1. The molecule has 7 nitrogen and oxygen atoms in total. The fourth-order valence-electron chi connectivity index (χ4n) is 4.82. The molecule has 0 radical (unpaired) electrons. The maximum absolute atomic E-state index is 15.1. The second-order valence-corrected chi connectivity index (χ2v) is 9.15. The molecule has 0 bridgehead atoms. The van der Waals surface area contributed by atoms with Gasteiger partial charge in [-0.1, -0.05) is 25.0 Å². The molecule has 0 spiro atoms. The van der Waals surface area contributed by atoms with Crippen molar-refractivity contribution in [2.45, 2.75) is 51.2 Å². The van der Waals surface area contributed by atoms with Crippen LogP contribution in [0.1, 0.15) is 52.7 Å².